The summed E-state index contributed by atoms with van der Waals surface area (Å²) in [7, 11) is 0. The van der Waals surface area contributed by atoms with Crippen molar-refractivity contribution in [1.29, 1.82) is 0 Å². The molecule has 4 heteroatoms. The first-order valence-electron chi connectivity index (χ1n) is 7.09. The Bertz CT molecular complexity index is 711. The van der Waals surface area contributed by atoms with Crippen molar-refractivity contribution in [2.75, 3.05) is 13.1 Å². The molecule has 1 aliphatic rings. The highest BCUT2D eigenvalue weighted by molar-refractivity contribution is 6.09. The molecule has 0 bridgehead atoms. The van der Waals surface area contributed by atoms with Gasteiger partial charge in [0.05, 0.1) is 0 Å². The number of halogens is 2. The molecule has 0 radical (unpaired) electrons. The number of nitrogens with zero attached hydrogens (tertiary/aromatic N) is 1. The van der Waals surface area contributed by atoms with Crippen LogP contribution >= 0.6 is 0 Å². The quantitative estimate of drug-likeness (QED) is 0.635. The van der Waals surface area contributed by atoms with Gasteiger partial charge >= 0.3 is 0 Å². The van der Waals surface area contributed by atoms with Gasteiger partial charge in [0.1, 0.15) is 11.6 Å². The molecule has 0 saturated carbocycles. The summed E-state index contributed by atoms with van der Waals surface area (Å²) in [6.07, 6.45) is 4.20. The maximum absolute atomic E-state index is 13.2. The molecule has 2 nitrogen and oxygen atoms in total. The third kappa shape index (κ3) is 3.28. The molecular weight excluding hydrogens is 284 g/mol. The molecule has 2 aromatic rings. The van der Waals surface area contributed by atoms with Crippen LogP contribution in [0.25, 0.3) is 0 Å². The molecule has 112 valence electrons. The van der Waals surface area contributed by atoms with E-state index in [-0.39, 0.29) is 11.3 Å². The van der Waals surface area contributed by atoms with Crippen LogP contribution in [0.3, 0.4) is 0 Å². The second-order valence-electron chi connectivity index (χ2n) is 5.35. The van der Waals surface area contributed by atoms with Gasteiger partial charge < -0.3 is 0 Å². The fraction of sp³-hybridized carbons (Fsp3) is 0.167. The molecule has 0 aliphatic carbocycles. The van der Waals surface area contributed by atoms with Gasteiger partial charge in [0, 0.05) is 36.8 Å². The van der Waals surface area contributed by atoms with E-state index in [1.807, 2.05) is 6.07 Å². The Balaban J connectivity index is 1.83. The van der Waals surface area contributed by atoms with Crippen molar-refractivity contribution < 1.29 is 13.6 Å². The molecule has 3 rings (SSSR count). The SMILES string of the molecule is O=C(c1cc(F)cc(F)c1)c1cccc(CN2CC=CC2)c1. The fourth-order valence-electron chi connectivity index (χ4n) is 2.57. The van der Waals surface area contributed by atoms with Crippen LogP contribution in [-0.2, 0) is 6.54 Å². The van der Waals surface area contributed by atoms with Crippen LogP contribution in [0.5, 0.6) is 0 Å². The predicted molar refractivity (Wildman–Crippen MR) is 80.6 cm³/mol. The van der Waals surface area contributed by atoms with Crippen molar-refractivity contribution in [3.63, 3.8) is 0 Å². The van der Waals surface area contributed by atoms with E-state index in [0.717, 1.165) is 43.4 Å². The minimum atomic E-state index is -0.748. The van der Waals surface area contributed by atoms with Crippen molar-refractivity contribution in [2.24, 2.45) is 0 Å². The van der Waals surface area contributed by atoms with E-state index >= 15 is 0 Å². The average Bonchev–Trinajstić information content (AvgIpc) is 2.98. The number of ketones is 1. The van der Waals surface area contributed by atoms with Crippen LogP contribution in [0.15, 0.2) is 54.6 Å². The minimum absolute atomic E-state index is 0.0255. The van der Waals surface area contributed by atoms with Gasteiger partial charge in [-0.2, -0.15) is 0 Å². The number of benzene rings is 2. The van der Waals surface area contributed by atoms with Crippen molar-refractivity contribution in [1.82, 2.24) is 4.90 Å². The molecule has 22 heavy (non-hydrogen) atoms. The number of carbonyl (C=O) groups excluding carboxylic acids is 1. The van der Waals surface area contributed by atoms with Gasteiger partial charge in [-0.15, -0.1) is 0 Å². The van der Waals surface area contributed by atoms with E-state index in [4.69, 9.17) is 0 Å². The first-order valence-corrected chi connectivity index (χ1v) is 7.09. The van der Waals surface area contributed by atoms with Gasteiger partial charge in [-0.1, -0.05) is 30.4 Å². The van der Waals surface area contributed by atoms with Crippen LogP contribution in [0.1, 0.15) is 21.5 Å². The predicted octanol–water partition coefficient (Wildman–Crippen LogP) is 3.57. The lowest BCUT2D eigenvalue weighted by Gasteiger charge is -2.15. The van der Waals surface area contributed by atoms with Gasteiger partial charge in [-0.05, 0) is 23.8 Å². The summed E-state index contributed by atoms with van der Waals surface area (Å²) in [5.74, 6) is -1.87. The lowest BCUT2D eigenvalue weighted by molar-refractivity contribution is 0.103. The third-order valence-corrected chi connectivity index (χ3v) is 3.61. The van der Waals surface area contributed by atoms with Crippen LogP contribution < -0.4 is 0 Å². The van der Waals surface area contributed by atoms with Crippen LogP contribution in [0.2, 0.25) is 0 Å². The standard InChI is InChI=1S/C18H15F2NO/c19-16-9-15(10-17(20)11-16)18(22)14-5-3-4-13(8-14)12-21-6-1-2-7-21/h1-5,8-11H,6-7,12H2. The molecular formula is C18H15F2NO. The smallest absolute Gasteiger partial charge is 0.193 e. The van der Waals surface area contributed by atoms with Crippen molar-refractivity contribution in [3.05, 3.63) is 82.9 Å². The summed E-state index contributed by atoms with van der Waals surface area (Å²) < 4.78 is 26.5. The van der Waals surface area contributed by atoms with Crippen molar-refractivity contribution >= 4 is 5.78 Å². The Morgan fingerprint density at radius 1 is 0.955 bits per heavy atom. The normalized spacial score (nSPS) is 14.5. The maximum Gasteiger partial charge on any atom is 0.193 e. The number of hydrogen-bond donors (Lipinski definition) is 0. The van der Waals surface area contributed by atoms with Gasteiger partial charge in [-0.25, -0.2) is 8.78 Å². The van der Waals surface area contributed by atoms with Crippen molar-refractivity contribution in [3.8, 4) is 0 Å². The average molecular weight is 299 g/mol. The van der Waals surface area contributed by atoms with E-state index in [0.29, 0.717) is 5.56 Å². The number of carbonyl (C=O) groups is 1. The Labute approximate surface area is 127 Å². The topological polar surface area (TPSA) is 20.3 Å². The van der Waals surface area contributed by atoms with E-state index in [1.165, 1.54) is 0 Å². The third-order valence-electron chi connectivity index (χ3n) is 3.61. The molecule has 0 amide bonds. The summed E-state index contributed by atoms with van der Waals surface area (Å²) in [5.41, 5.74) is 1.47. The molecule has 0 spiro atoms. The molecule has 2 aromatic carbocycles. The van der Waals surface area contributed by atoms with Crippen molar-refractivity contribution in [2.45, 2.75) is 6.54 Å². The first-order chi connectivity index (χ1) is 10.6. The van der Waals surface area contributed by atoms with E-state index in [2.05, 4.69) is 17.1 Å². The Morgan fingerprint density at radius 2 is 1.64 bits per heavy atom. The highest BCUT2D eigenvalue weighted by atomic mass is 19.1. The Kier molecular flexibility index (Phi) is 4.11. The molecule has 0 fully saturated rings. The molecule has 0 atom stereocenters. The summed E-state index contributed by atoms with van der Waals surface area (Å²) in [4.78, 5) is 14.6. The van der Waals surface area contributed by atoms with Crippen LogP contribution in [0.4, 0.5) is 8.78 Å². The Hall–Kier alpha value is -2.33. The highest BCUT2D eigenvalue weighted by Gasteiger charge is 2.13. The summed E-state index contributed by atoms with van der Waals surface area (Å²) in [5, 5.41) is 0. The molecule has 0 aromatic heterocycles. The lowest BCUT2D eigenvalue weighted by atomic mass is 10.0. The molecule has 0 unspecified atom stereocenters. The monoisotopic (exact) mass is 299 g/mol. The van der Waals surface area contributed by atoms with Gasteiger partial charge in [0.15, 0.2) is 5.78 Å². The summed E-state index contributed by atoms with van der Waals surface area (Å²) in [6, 6.07) is 10.1. The van der Waals surface area contributed by atoms with Gasteiger partial charge in [-0.3, -0.25) is 9.69 Å². The van der Waals surface area contributed by atoms with Crippen LogP contribution in [0, 0.1) is 11.6 Å². The minimum Gasteiger partial charge on any atom is -0.292 e. The fourth-order valence-corrected chi connectivity index (χ4v) is 2.57. The summed E-state index contributed by atoms with van der Waals surface area (Å²) >= 11 is 0. The number of rotatable bonds is 4. The molecule has 0 N–H and O–H groups in total. The largest absolute Gasteiger partial charge is 0.292 e. The van der Waals surface area contributed by atoms with E-state index in [9.17, 15) is 13.6 Å². The second-order valence-corrected chi connectivity index (χ2v) is 5.35. The van der Waals surface area contributed by atoms with Gasteiger partial charge in [0.2, 0.25) is 0 Å². The van der Waals surface area contributed by atoms with E-state index < -0.39 is 11.6 Å². The maximum atomic E-state index is 13.2. The number of hydrogen-bond acceptors (Lipinski definition) is 2. The van der Waals surface area contributed by atoms with Gasteiger partial charge in [0.25, 0.3) is 0 Å². The zero-order valence-corrected chi connectivity index (χ0v) is 11.9. The van der Waals surface area contributed by atoms with E-state index in [1.54, 1.807) is 18.2 Å². The zero-order chi connectivity index (χ0) is 15.5. The second kappa shape index (κ2) is 6.20. The molecule has 1 aliphatic heterocycles. The molecule has 0 saturated heterocycles. The lowest BCUT2D eigenvalue weighted by Crippen LogP contribution is -2.19. The highest BCUT2D eigenvalue weighted by Crippen LogP contribution is 2.16. The summed E-state index contributed by atoms with van der Waals surface area (Å²) in [6.45, 7) is 2.53. The molecule has 1 heterocycles. The van der Waals surface area contributed by atoms with Crippen LogP contribution in [-0.4, -0.2) is 23.8 Å². The first kappa shape index (κ1) is 14.6. The Morgan fingerprint density at radius 3 is 2.32 bits per heavy atom. The zero-order valence-electron chi connectivity index (χ0n) is 11.9.